The lowest BCUT2D eigenvalue weighted by atomic mass is 9.95. The van der Waals surface area contributed by atoms with Crippen molar-refractivity contribution in [3.8, 4) is 0 Å². The van der Waals surface area contributed by atoms with E-state index in [9.17, 15) is 4.79 Å². The van der Waals surface area contributed by atoms with E-state index in [1.807, 2.05) is 43.1 Å². The number of benzene rings is 1. The van der Waals surface area contributed by atoms with Crippen molar-refractivity contribution in [3.63, 3.8) is 0 Å². The quantitative estimate of drug-likeness (QED) is 0.623. The van der Waals surface area contributed by atoms with Crippen LogP contribution < -0.4 is 0 Å². The Kier molecular flexibility index (Phi) is 5.08. The first-order valence-corrected chi connectivity index (χ1v) is 7.81. The maximum Gasteiger partial charge on any atom is 0.355 e. The van der Waals surface area contributed by atoms with Crippen LogP contribution in [0.1, 0.15) is 25.5 Å². The minimum absolute atomic E-state index is 0.111. The van der Waals surface area contributed by atoms with Crippen LogP contribution in [-0.2, 0) is 9.53 Å². The van der Waals surface area contributed by atoms with Crippen LogP contribution in [0, 0.1) is 0 Å². The number of hydrogen-bond acceptors (Lipinski definition) is 3. The maximum atomic E-state index is 12.3. The molecule has 0 bridgehead atoms. The minimum atomic E-state index is -0.350. The highest BCUT2D eigenvalue weighted by Gasteiger charge is 2.35. The SMILES string of the molecule is CCOC(=O)C1=C(C)[C@@H](c2ccc(Cl)cc2)N(C)C(=S)N1C. The van der Waals surface area contributed by atoms with Gasteiger partial charge in [0.05, 0.1) is 12.6 Å². The monoisotopic (exact) mass is 338 g/mol. The maximum absolute atomic E-state index is 12.3. The van der Waals surface area contributed by atoms with E-state index in [4.69, 9.17) is 28.6 Å². The van der Waals surface area contributed by atoms with Crippen molar-refractivity contribution in [2.75, 3.05) is 20.7 Å². The van der Waals surface area contributed by atoms with Gasteiger partial charge in [0.25, 0.3) is 0 Å². The van der Waals surface area contributed by atoms with E-state index in [1.54, 1.807) is 18.9 Å². The Bertz CT molecular complexity index is 628. The van der Waals surface area contributed by atoms with Crippen LogP contribution in [0.4, 0.5) is 0 Å². The van der Waals surface area contributed by atoms with E-state index in [0.717, 1.165) is 11.1 Å². The molecule has 0 saturated heterocycles. The van der Waals surface area contributed by atoms with Gasteiger partial charge in [0.15, 0.2) is 5.11 Å². The highest BCUT2D eigenvalue weighted by Crippen LogP contribution is 2.36. The summed E-state index contributed by atoms with van der Waals surface area (Å²) in [6.07, 6.45) is 0. The van der Waals surface area contributed by atoms with Crippen LogP contribution in [0.25, 0.3) is 0 Å². The fourth-order valence-electron chi connectivity index (χ4n) is 2.74. The van der Waals surface area contributed by atoms with Crippen molar-refractivity contribution in [1.82, 2.24) is 9.80 Å². The smallest absolute Gasteiger partial charge is 0.355 e. The molecule has 1 heterocycles. The zero-order valence-corrected chi connectivity index (χ0v) is 14.7. The average molecular weight is 339 g/mol. The number of carbonyl (C=O) groups excluding carboxylic acids is 1. The molecule has 0 saturated carbocycles. The molecular weight excluding hydrogens is 320 g/mol. The first-order valence-electron chi connectivity index (χ1n) is 7.02. The Morgan fingerprint density at radius 1 is 1.32 bits per heavy atom. The number of carbonyl (C=O) groups is 1. The molecule has 1 aliphatic rings. The van der Waals surface area contributed by atoms with Gasteiger partial charge in [-0.05, 0) is 49.3 Å². The number of hydrogen-bond donors (Lipinski definition) is 0. The van der Waals surface area contributed by atoms with E-state index in [2.05, 4.69) is 0 Å². The van der Waals surface area contributed by atoms with Crippen LogP contribution in [-0.4, -0.2) is 41.6 Å². The fourth-order valence-corrected chi connectivity index (χ4v) is 3.07. The molecule has 6 heteroatoms. The second-order valence-corrected chi connectivity index (χ2v) is 5.96. The van der Waals surface area contributed by atoms with Gasteiger partial charge in [-0.1, -0.05) is 23.7 Å². The van der Waals surface area contributed by atoms with Gasteiger partial charge in [-0.3, -0.25) is 0 Å². The molecule has 118 valence electrons. The van der Waals surface area contributed by atoms with Gasteiger partial charge in [-0.2, -0.15) is 0 Å². The Labute approximate surface area is 141 Å². The van der Waals surface area contributed by atoms with Gasteiger partial charge in [-0.25, -0.2) is 4.79 Å². The first kappa shape index (κ1) is 16.8. The van der Waals surface area contributed by atoms with Gasteiger partial charge in [0.1, 0.15) is 5.70 Å². The number of ether oxygens (including phenoxy) is 1. The van der Waals surface area contributed by atoms with Crippen molar-refractivity contribution < 1.29 is 9.53 Å². The lowest BCUT2D eigenvalue weighted by Crippen LogP contribution is -2.47. The van der Waals surface area contributed by atoms with Crippen LogP contribution in [0.15, 0.2) is 35.5 Å². The van der Waals surface area contributed by atoms with Crippen molar-refractivity contribution in [3.05, 3.63) is 46.1 Å². The number of thiocarbonyl (C=S) groups is 1. The Morgan fingerprint density at radius 3 is 2.45 bits per heavy atom. The van der Waals surface area contributed by atoms with E-state index in [0.29, 0.717) is 22.4 Å². The zero-order valence-electron chi connectivity index (χ0n) is 13.1. The van der Waals surface area contributed by atoms with Crippen LogP contribution in [0.3, 0.4) is 0 Å². The van der Waals surface area contributed by atoms with E-state index < -0.39 is 0 Å². The van der Waals surface area contributed by atoms with E-state index in [1.165, 1.54) is 0 Å². The highest BCUT2D eigenvalue weighted by molar-refractivity contribution is 7.80. The average Bonchev–Trinajstić information content (AvgIpc) is 2.47. The number of nitrogens with zero attached hydrogens (tertiary/aromatic N) is 2. The Hall–Kier alpha value is -1.59. The standard InChI is InChI=1S/C16H19ClN2O2S/c1-5-21-15(20)14-10(2)13(18(3)16(22)19(14)4)11-6-8-12(17)9-7-11/h6-9,13H,5H2,1-4H3/t13-/m0/s1. The summed E-state index contributed by atoms with van der Waals surface area (Å²) in [4.78, 5) is 16.0. The van der Waals surface area contributed by atoms with E-state index >= 15 is 0 Å². The number of likely N-dealkylation sites (N-methyl/N-ethyl adjacent to an activating group) is 2. The number of halogens is 1. The van der Waals surface area contributed by atoms with Crippen molar-refractivity contribution >= 4 is 34.9 Å². The molecule has 0 fully saturated rings. The van der Waals surface area contributed by atoms with Gasteiger partial charge in [0.2, 0.25) is 0 Å². The molecule has 22 heavy (non-hydrogen) atoms. The summed E-state index contributed by atoms with van der Waals surface area (Å²) >= 11 is 11.4. The molecule has 2 rings (SSSR count). The molecular formula is C16H19ClN2O2S. The second kappa shape index (κ2) is 6.67. The van der Waals surface area contributed by atoms with E-state index in [-0.39, 0.29) is 12.0 Å². The Balaban J connectivity index is 2.53. The fraction of sp³-hybridized carbons (Fsp3) is 0.375. The first-order chi connectivity index (χ1) is 10.4. The topological polar surface area (TPSA) is 32.8 Å². The molecule has 4 nitrogen and oxygen atoms in total. The molecule has 0 spiro atoms. The molecule has 1 aromatic rings. The number of rotatable bonds is 3. The van der Waals surface area contributed by atoms with Crippen LogP contribution in [0.2, 0.25) is 5.02 Å². The third kappa shape index (κ3) is 2.96. The van der Waals surface area contributed by atoms with Gasteiger partial charge in [0, 0.05) is 19.1 Å². The normalized spacial score (nSPS) is 18.8. The summed E-state index contributed by atoms with van der Waals surface area (Å²) < 4.78 is 5.17. The van der Waals surface area contributed by atoms with Crippen molar-refractivity contribution in [1.29, 1.82) is 0 Å². The lowest BCUT2D eigenvalue weighted by Gasteiger charge is -2.41. The summed E-state index contributed by atoms with van der Waals surface area (Å²) in [5.41, 5.74) is 2.44. The zero-order chi connectivity index (χ0) is 16.4. The lowest BCUT2D eigenvalue weighted by molar-refractivity contribution is -0.140. The van der Waals surface area contributed by atoms with Crippen LogP contribution in [0.5, 0.6) is 0 Å². The summed E-state index contributed by atoms with van der Waals surface area (Å²) in [7, 11) is 3.70. The summed E-state index contributed by atoms with van der Waals surface area (Å²) in [6, 6.07) is 7.46. The largest absolute Gasteiger partial charge is 0.461 e. The molecule has 1 aromatic carbocycles. The number of esters is 1. The predicted molar refractivity (Wildman–Crippen MR) is 91.7 cm³/mol. The molecule has 0 aliphatic carbocycles. The second-order valence-electron chi connectivity index (χ2n) is 5.16. The van der Waals surface area contributed by atoms with Gasteiger partial charge in [-0.15, -0.1) is 0 Å². The Morgan fingerprint density at radius 2 is 1.91 bits per heavy atom. The van der Waals surface area contributed by atoms with Crippen molar-refractivity contribution in [2.24, 2.45) is 0 Å². The molecule has 1 aliphatic heterocycles. The summed E-state index contributed by atoms with van der Waals surface area (Å²) in [5.74, 6) is -0.350. The molecule has 0 unspecified atom stereocenters. The third-order valence-electron chi connectivity index (χ3n) is 3.75. The van der Waals surface area contributed by atoms with Gasteiger partial charge < -0.3 is 14.5 Å². The molecule has 0 N–H and O–H groups in total. The molecule has 1 atom stereocenters. The molecule has 0 amide bonds. The molecule has 0 radical (unpaired) electrons. The van der Waals surface area contributed by atoms with Crippen molar-refractivity contribution in [2.45, 2.75) is 19.9 Å². The van der Waals surface area contributed by atoms with Crippen LogP contribution >= 0.6 is 23.8 Å². The third-order valence-corrected chi connectivity index (χ3v) is 4.56. The summed E-state index contributed by atoms with van der Waals surface area (Å²) in [6.45, 7) is 4.05. The highest BCUT2D eigenvalue weighted by atomic mass is 35.5. The minimum Gasteiger partial charge on any atom is -0.461 e. The van der Waals surface area contributed by atoms with Gasteiger partial charge >= 0.3 is 5.97 Å². The summed E-state index contributed by atoms with van der Waals surface area (Å²) in [5, 5.41) is 1.25. The molecule has 0 aromatic heterocycles. The predicted octanol–water partition coefficient (Wildman–Crippen LogP) is 3.38.